The minimum absolute atomic E-state index is 0.00456. The number of nitrogens with two attached hydrogens (primary N) is 1. The van der Waals surface area contributed by atoms with Crippen molar-refractivity contribution in [2.24, 2.45) is 18.2 Å². The Morgan fingerprint density at radius 2 is 2.20 bits per heavy atom. The zero-order valence-corrected chi connectivity index (χ0v) is 9.82. The summed E-state index contributed by atoms with van der Waals surface area (Å²) >= 11 is 0. The lowest BCUT2D eigenvalue weighted by molar-refractivity contribution is 0.0940. The van der Waals surface area contributed by atoms with Crippen molar-refractivity contribution >= 4 is 5.78 Å². The molecule has 0 spiro atoms. The maximum atomic E-state index is 11.8. The Hall–Kier alpha value is -1.16. The lowest BCUT2D eigenvalue weighted by Gasteiger charge is -2.26. The van der Waals surface area contributed by atoms with Gasteiger partial charge in [-0.15, -0.1) is 0 Å². The normalized spacial score (nSPS) is 13.9. The van der Waals surface area contributed by atoms with Crippen LogP contribution in [0.3, 0.4) is 0 Å². The molecule has 1 aromatic heterocycles. The number of hydrogen-bond acceptors (Lipinski definition) is 3. The molecule has 4 nitrogen and oxygen atoms in total. The van der Waals surface area contributed by atoms with Crippen LogP contribution in [-0.2, 0) is 7.05 Å². The van der Waals surface area contributed by atoms with Gasteiger partial charge >= 0.3 is 0 Å². The minimum Gasteiger partial charge on any atom is -0.332 e. The van der Waals surface area contributed by atoms with Gasteiger partial charge in [0.2, 0.25) is 0 Å². The smallest absolute Gasteiger partial charge is 0.199 e. The average molecular weight is 209 g/mol. The van der Waals surface area contributed by atoms with Gasteiger partial charge in [-0.2, -0.15) is 0 Å². The van der Waals surface area contributed by atoms with Crippen molar-refractivity contribution < 1.29 is 4.79 Å². The summed E-state index contributed by atoms with van der Waals surface area (Å²) in [6, 6.07) is -0.137. The molecular weight excluding hydrogens is 190 g/mol. The van der Waals surface area contributed by atoms with E-state index >= 15 is 0 Å². The van der Waals surface area contributed by atoms with Gasteiger partial charge in [0.1, 0.15) is 0 Å². The second-order valence-corrected chi connectivity index (χ2v) is 4.96. The molecule has 0 aliphatic carbocycles. The predicted molar refractivity (Wildman–Crippen MR) is 59.6 cm³/mol. The first-order valence-corrected chi connectivity index (χ1v) is 5.08. The van der Waals surface area contributed by atoms with Crippen LogP contribution in [-0.4, -0.2) is 21.4 Å². The van der Waals surface area contributed by atoms with Crippen LogP contribution < -0.4 is 5.73 Å². The number of aromatic nitrogens is 2. The molecule has 1 heterocycles. The van der Waals surface area contributed by atoms with Crippen molar-refractivity contribution in [2.45, 2.75) is 33.2 Å². The molecule has 0 fully saturated rings. The summed E-state index contributed by atoms with van der Waals surface area (Å²) in [7, 11) is 1.81. The van der Waals surface area contributed by atoms with Crippen molar-refractivity contribution in [1.82, 2.24) is 9.55 Å². The Kier molecular flexibility index (Phi) is 3.29. The first-order valence-electron chi connectivity index (χ1n) is 5.08. The molecule has 0 saturated carbocycles. The quantitative estimate of drug-likeness (QED) is 0.765. The third-order valence-electron chi connectivity index (χ3n) is 2.59. The molecule has 0 saturated heterocycles. The largest absolute Gasteiger partial charge is 0.332 e. The number of hydrogen-bond donors (Lipinski definition) is 1. The van der Waals surface area contributed by atoms with Crippen LogP contribution in [0.4, 0.5) is 0 Å². The number of aryl methyl sites for hydroxylation is 1. The molecule has 0 bridgehead atoms. The lowest BCUT2D eigenvalue weighted by atomic mass is 9.84. The third-order valence-corrected chi connectivity index (χ3v) is 2.59. The zero-order valence-electron chi connectivity index (χ0n) is 9.82. The number of rotatable bonds is 3. The lowest BCUT2D eigenvalue weighted by Crippen LogP contribution is -2.37. The highest BCUT2D eigenvalue weighted by atomic mass is 16.1. The van der Waals surface area contributed by atoms with Gasteiger partial charge in [0, 0.05) is 31.9 Å². The van der Waals surface area contributed by atoms with E-state index in [2.05, 4.69) is 4.98 Å². The van der Waals surface area contributed by atoms with Crippen LogP contribution in [0.2, 0.25) is 0 Å². The Morgan fingerprint density at radius 1 is 1.60 bits per heavy atom. The fourth-order valence-electron chi connectivity index (χ4n) is 1.23. The highest BCUT2D eigenvalue weighted by Gasteiger charge is 2.24. The standard InChI is InChI=1S/C11H19N3O/c1-11(2,3)9(12)7-8(15)10-13-5-6-14(10)4/h5-6,9H,7,12H2,1-4H3. The van der Waals surface area contributed by atoms with E-state index in [1.165, 1.54) is 0 Å². The summed E-state index contributed by atoms with van der Waals surface area (Å²) in [5.74, 6) is 0.486. The number of Topliss-reactive ketones (excluding diaryl/α,β-unsaturated/α-hetero) is 1. The molecule has 4 heteroatoms. The first-order chi connectivity index (χ1) is 6.82. The summed E-state index contributed by atoms with van der Waals surface area (Å²) in [5.41, 5.74) is 5.90. The summed E-state index contributed by atoms with van der Waals surface area (Å²) in [6.07, 6.45) is 3.72. The Labute approximate surface area is 90.5 Å². The monoisotopic (exact) mass is 209 g/mol. The van der Waals surface area contributed by atoms with Crippen molar-refractivity contribution in [1.29, 1.82) is 0 Å². The van der Waals surface area contributed by atoms with Gasteiger partial charge in [0.25, 0.3) is 0 Å². The molecule has 0 amide bonds. The number of ketones is 1. The zero-order chi connectivity index (χ0) is 11.6. The molecule has 0 radical (unpaired) electrons. The molecule has 1 rings (SSSR count). The summed E-state index contributed by atoms with van der Waals surface area (Å²) in [5, 5.41) is 0. The van der Waals surface area contributed by atoms with Gasteiger partial charge in [-0.25, -0.2) is 4.98 Å². The third kappa shape index (κ3) is 2.89. The fraction of sp³-hybridized carbons (Fsp3) is 0.636. The Morgan fingerprint density at radius 3 is 2.60 bits per heavy atom. The van der Waals surface area contributed by atoms with Crippen molar-refractivity contribution in [2.75, 3.05) is 0 Å². The van der Waals surface area contributed by atoms with Crippen LogP contribution in [0.25, 0.3) is 0 Å². The second-order valence-electron chi connectivity index (χ2n) is 4.96. The Balaban J connectivity index is 2.69. The molecule has 0 aliphatic heterocycles. The van der Waals surface area contributed by atoms with Crippen molar-refractivity contribution in [3.05, 3.63) is 18.2 Å². The van der Waals surface area contributed by atoms with Crippen LogP contribution in [0.1, 0.15) is 37.8 Å². The van der Waals surface area contributed by atoms with E-state index in [4.69, 9.17) is 5.73 Å². The highest BCUT2D eigenvalue weighted by molar-refractivity contribution is 5.93. The number of carbonyl (C=O) groups is 1. The van der Waals surface area contributed by atoms with E-state index in [9.17, 15) is 4.79 Å². The van der Waals surface area contributed by atoms with Crippen LogP contribution in [0.5, 0.6) is 0 Å². The van der Waals surface area contributed by atoms with Gasteiger partial charge in [0.05, 0.1) is 0 Å². The molecule has 0 aliphatic rings. The maximum absolute atomic E-state index is 11.8. The van der Waals surface area contributed by atoms with E-state index in [0.29, 0.717) is 12.2 Å². The molecule has 15 heavy (non-hydrogen) atoms. The van der Waals surface area contributed by atoms with Crippen molar-refractivity contribution in [3.8, 4) is 0 Å². The van der Waals surface area contributed by atoms with Crippen molar-refractivity contribution in [3.63, 3.8) is 0 Å². The number of nitrogens with zero attached hydrogens (tertiary/aromatic N) is 2. The molecule has 1 unspecified atom stereocenters. The van der Waals surface area contributed by atoms with Crippen LogP contribution >= 0.6 is 0 Å². The van der Waals surface area contributed by atoms with Gasteiger partial charge < -0.3 is 10.3 Å². The predicted octanol–water partition coefficient (Wildman–Crippen LogP) is 1.37. The SMILES string of the molecule is Cn1ccnc1C(=O)CC(N)C(C)(C)C. The first kappa shape index (κ1) is 11.9. The molecule has 84 valence electrons. The topological polar surface area (TPSA) is 60.9 Å². The van der Waals surface area contributed by atoms with E-state index in [0.717, 1.165) is 0 Å². The maximum Gasteiger partial charge on any atom is 0.199 e. The molecule has 2 N–H and O–H groups in total. The molecular formula is C11H19N3O. The summed E-state index contributed by atoms with van der Waals surface area (Å²) in [4.78, 5) is 15.8. The fourth-order valence-corrected chi connectivity index (χ4v) is 1.23. The summed E-state index contributed by atoms with van der Waals surface area (Å²) in [6.45, 7) is 6.09. The average Bonchev–Trinajstić information content (AvgIpc) is 2.49. The summed E-state index contributed by atoms with van der Waals surface area (Å²) < 4.78 is 1.72. The minimum atomic E-state index is -0.137. The second kappa shape index (κ2) is 4.14. The van der Waals surface area contributed by atoms with E-state index in [1.54, 1.807) is 17.0 Å². The van der Waals surface area contributed by atoms with Gasteiger partial charge in [0.15, 0.2) is 11.6 Å². The van der Waals surface area contributed by atoms with Gasteiger partial charge in [-0.3, -0.25) is 4.79 Å². The van der Waals surface area contributed by atoms with Gasteiger partial charge in [-0.05, 0) is 5.41 Å². The van der Waals surface area contributed by atoms with Crippen LogP contribution in [0.15, 0.2) is 12.4 Å². The van der Waals surface area contributed by atoms with Gasteiger partial charge in [-0.1, -0.05) is 20.8 Å². The highest BCUT2D eigenvalue weighted by Crippen LogP contribution is 2.20. The molecule has 1 atom stereocenters. The molecule has 1 aromatic rings. The Bertz CT molecular complexity index is 349. The number of carbonyl (C=O) groups excluding carboxylic acids is 1. The van der Waals surface area contributed by atoms with E-state index < -0.39 is 0 Å². The number of imidazole rings is 1. The van der Waals surface area contributed by atoms with Crippen LogP contribution in [0, 0.1) is 5.41 Å². The molecule has 0 aromatic carbocycles. The van der Waals surface area contributed by atoms with E-state index in [1.807, 2.05) is 27.8 Å². The van der Waals surface area contributed by atoms with E-state index in [-0.39, 0.29) is 17.2 Å².